The van der Waals surface area contributed by atoms with Crippen molar-refractivity contribution < 1.29 is 9.18 Å². The number of rotatable bonds is 6. The third-order valence-corrected chi connectivity index (χ3v) is 7.04. The standard InChI is InChI=1S/C27H28FN7O/c1-32-18-30-26(31-32)20-2-7-25-23(16-20)24(17-35(25)22-5-3-21(28)4-6-22)19-8-11-33(12-9-19)14-15-34-13-10-29-27(34)36/h2-8,16-18H,9-15H2,1H3,(H,29,36). The molecule has 0 atom stereocenters. The number of benzene rings is 2. The van der Waals surface area contributed by atoms with Crippen molar-refractivity contribution in [1.29, 1.82) is 0 Å². The molecule has 36 heavy (non-hydrogen) atoms. The summed E-state index contributed by atoms with van der Waals surface area (Å²) in [4.78, 5) is 20.5. The van der Waals surface area contributed by atoms with Gasteiger partial charge >= 0.3 is 6.03 Å². The Morgan fingerprint density at radius 3 is 2.64 bits per heavy atom. The smallest absolute Gasteiger partial charge is 0.317 e. The second-order valence-corrected chi connectivity index (χ2v) is 9.36. The molecule has 1 N–H and O–H groups in total. The van der Waals surface area contributed by atoms with Crippen molar-refractivity contribution in [3.05, 3.63) is 72.4 Å². The molecule has 0 bridgehead atoms. The van der Waals surface area contributed by atoms with Gasteiger partial charge in [0.15, 0.2) is 5.82 Å². The number of aryl methyl sites for hydroxylation is 1. The van der Waals surface area contributed by atoms with E-state index in [-0.39, 0.29) is 11.8 Å². The highest BCUT2D eigenvalue weighted by molar-refractivity contribution is 5.96. The lowest BCUT2D eigenvalue weighted by Gasteiger charge is -2.28. The van der Waals surface area contributed by atoms with Crippen LogP contribution in [0.4, 0.5) is 9.18 Å². The number of amides is 2. The summed E-state index contributed by atoms with van der Waals surface area (Å²) in [5.74, 6) is 0.440. The minimum atomic E-state index is -0.250. The van der Waals surface area contributed by atoms with Crippen molar-refractivity contribution in [2.24, 2.45) is 7.05 Å². The number of nitrogens with one attached hydrogen (secondary N) is 1. The van der Waals surface area contributed by atoms with Crippen LogP contribution >= 0.6 is 0 Å². The van der Waals surface area contributed by atoms with Crippen LogP contribution in [-0.4, -0.2) is 74.4 Å². The first-order valence-electron chi connectivity index (χ1n) is 12.3. The van der Waals surface area contributed by atoms with Crippen LogP contribution in [0.25, 0.3) is 33.6 Å². The molecule has 9 heteroatoms. The molecule has 0 radical (unpaired) electrons. The van der Waals surface area contributed by atoms with Crippen molar-refractivity contribution >= 4 is 22.5 Å². The topological polar surface area (TPSA) is 71.2 Å². The Morgan fingerprint density at radius 2 is 1.94 bits per heavy atom. The van der Waals surface area contributed by atoms with E-state index in [1.165, 1.54) is 23.3 Å². The fourth-order valence-electron chi connectivity index (χ4n) is 5.06. The van der Waals surface area contributed by atoms with E-state index in [9.17, 15) is 9.18 Å². The van der Waals surface area contributed by atoms with Crippen molar-refractivity contribution in [2.75, 3.05) is 39.3 Å². The average molecular weight is 486 g/mol. The van der Waals surface area contributed by atoms with E-state index in [0.717, 1.165) is 67.8 Å². The Morgan fingerprint density at radius 1 is 1.08 bits per heavy atom. The van der Waals surface area contributed by atoms with Gasteiger partial charge in [-0.05, 0) is 54.5 Å². The van der Waals surface area contributed by atoms with E-state index >= 15 is 0 Å². The Bertz CT molecular complexity index is 1450. The van der Waals surface area contributed by atoms with E-state index in [2.05, 4.69) is 49.3 Å². The van der Waals surface area contributed by atoms with Gasteiger partial charge in [-0.3, -0.25) is 9.58 Å². The van der Waals surface area contributed by atoms with E-state index in [4.69, 9.17) is 0 Å². The van der Waals surface area contributed by atoms with Gasteiger partial charge in [0.25, 0.3) is 0 Å². The first kappa shape index (κ1) is 22.5. The highest BCUT2D eigenvalue weighted by Gasteiger charge is 2.22. The van der Waals surface area contributed by atoms with E-state index in [0.29, 0.717) is 5.82 Å². The van der Waals surface area contributed by atoms with Gasteiger partial charge < -0.3 is 14.8 Å². The van der Waals surface area contributed by atoms with Crippen LogP contribution in [0.15, 0.2) is 61.1 Å². The first-order valence-corrected chi connectivity index (χ1v) is 12.3. The Kier molecular flexibility index (Phi) is 5.77. The summed E-state index contributed by atoms with van der Waals surface area (Å²) < 4.78 is 17.4. The number of carbonyl (C=O) groups excluding carboxylic acids is 1. The maximum atomic E-state index is 13.6. The lowest BCUT2D eigenvalue weighted by molar-refractivity contribution is 0.205. The number of nitrogens with zero attached hydrogens (tertiary/aromatic N) is 6. The molecule has 1 fully saturated rings. The Balaban J connectivity index is 1.33. The number of aromatic nitrogens is 4. The Hall–Kier alpha value is -3.98. The van der Waals surface area contributed by atoms with E-state index in [1.807, 2.05) is 18.0 Å². The molecule has 8 nitrogen and oxygen atoms in total. The molecule has 6 rings (SSSR count). The number of urea groups is 1. The van der Waals surface area contributed by atoms with Crippen LogP contribution < -0.4 is 5.32 Å². The van der Waals surface area contributed by atoms with Gasteiger partial charge in [0.05, 0.1) is 5.52 Å². The zero-order valence-electron chi connectivity index (χ0n) is 20.2. The number of halogens is 1. The van der Waals surface area contributed by atoms with Crippen LogP contribution in [0.2, 0.25) is 0 Å². The van der Waals surface area contributed by atoms with Crippen LogP contribution in [0.3, 0.4) is 0 Å². The van der Waals surface area contributed by atoms with Crippen LogP contribution in [0.1, 0.15) is 12.0 Å². The molecule has 4 aromatic rings. The highest BCUT2D eigenvalue weighted by atomic mass is 19.1. The third kappa shape index (κ3) is 4.26. The lowest BCUT2D eigenvalue weighted by Crippen LogP contribution is -2.38. The predicted molar refractivity (Wildman–Crippen MR) is 137 cm³/mol. The molecule has 2 amide bonds. The Labute approximate surface area is 208 Å². The maximum Gasteiger partial charge on any atom is 0.317 e. The molecule has 0 saturated carbocycles. The summed E-state index contributed by atoms with van der Waals surface area (Å²) in [6.45, 7) is 4.91. The molecule has 184 valence electrons. The molecule has 2 aromatic carbocycles. The van der Waals surface area contributed by atoms with Crippen molar-refractivity contribution in [2.45, 2.75) is 6.42 Å². The zero-order valence-corrected chi connectivity index (χ0v) is 20.2. The SMILES string of the molecule is Cn1cnc(-c2ccc3c(c2)c(C2=CCN(CCN4CCNC4=O)CC2)cn3-c2ccc(F)cc2)n1. The molecule has 2 aliphatic heterocycles. The van der Waals surface area contributed by atoms with Gasteiger partial charge in [0, 0.05) is 74.7 Å². The highest BCUT2D eigenvalue weighted by Crippen LogP contribution is 2.35. The molecule has 0 unspecified atom stereocenters. The summed E-state index contributed by atoms with van der Waals surface area (Å²) in [7, 11) is 1.86. The van der Waals surface area contributed by atoms with Crippen LogP contribution in [-0.2, 0) is 7.05 Å². The van der Waals surface area contributed by atoms with Gasteiger partial charge in [0.2, 0.25) is 0 Å². The minimum Gasteiger partial charge on any atom is -0.336 e. The molecular formula is C27H28FN7O. The van der Waals surface area contributed by atoms with E-state index < -0.39 is 0 Å². The maximum absolute atomic E-state index is 13.6. The number of hydrogen-bond acceptors (Lipinski definition) is 4. The molecule has 4 heterocycles. The quantitative estimate of drug-likeness (QED) is 0.452. The monoisotopic (exact) mass is 485 g/mol. The van der Waals surface area contributed by atoms with Crippen LogP contribution in [0, 0.1) is 5.82 Å². The minimum absolute atomic E-state index is 0.0371. The van der Waals surface area contributed by atoms with E-state index in [1.54, 1.807) is 23.1 Å². The van der Waals surface area contributed by atoms with Crippen molar-refractivity contribution in [1.82, 2.24) is 34.4 Å². The second kappa shape index (κ2) is 9.23. The predicted octanol–water partition coefficient (Wildman–Crippen LogP) is 3.68. The summed E-state index contributed by atoms with van der Waals surface area (Å²) in [5, 5.41) is 8.46. The van der Waals surface area contributed by atoms with Gasteiger partial charge in [-0.1, -0.05) is 6.08 Å². The lowest BCUT2D eigenvalue weighted by atomic mass is 9.98. The normalized spacial score (nSPS) is 16.6. The second-order valence-electron chi connectivity index (χ2n) is 9.36. The molecule has 2 aromatic heterocycles. The molecule has 2 aliphatic rings. The zero-order chi connectivity index (χ0) is 24.6. The average Bonchev–Trinajstić information content (AvgIpc) is 3.62. The number of hydrogen-bond donors (Lipinski definition) is 1. The molecular weight excluding hydrogens is 457 g/mol. The summed E-state index contributed by atoms with van der Waals surface area (Å²) in [5.41, 5.74) is 5.40. The molecule has 0 aliphatic carbocycles. The van der Waals surface area contributed by atoms with Gasteiger partial charge in [0.1, 0.15) is 12.1 Å². The fraction of sp³-hybridized carbons (Fsp3) is 0.296. The molecule has 1 saturated heterocycles. The van der Waals surface area contributed by atoms with Gasteiger partial charge in [-0.2, -0.15) is 5.10 Å². The summed E-state index contributed by atoms with van der Waals surface area (Å²) in [6.07, 6.45) is 7.07. The van der Waals surface area contributed by atoms with Gasteiger partial charge in [-0.25, -0.2) is 14.2 Å². The fourth-order valence-corrected chi connectivity index (χ4v) is 5.06. The number of carbonyl (C=O) groups is 1. The van der Waals surface area contributed by atoms with Crippen LogP contribution in [0.5, 0.6) is 0 Å². The third-order valence-electron chi connectivity index (χ3n) is 7.04. The van der Waals surface area contributed by atoms with Crippen molar-refractivity contribution in [3.8, 4) is 17.1 Å². The molecule has 0 spiro atoms. The summed E-state index contributed by atoms with van der Waals surface area (Å²) in [6, 6.07) is 12.9. The van der Waals surface area contributed by atoms with Crippen molar-refractivity contribution in [3.63, 3.8) is 0 Å². The largest absolute Gasteiger partial charge is 0.336 e. The number of fused-ring (bicyclic) bond motifs is 1. The van der Waals surface area contributed by atoms with Gasteiger partial charge in [-0.15, -0.1) is 0 Å². The first-order chi connectivity index (χ1) is 17.5. The summed E-state index contributed by atoms with van der Waals surface area (Å²) >= 11 is 0.